The van der Waals surface area contributed by atoms with E-state index in [9.17, 15) is 33.1 Å². The number of pyridine rings is 1. The first kappa shape index (κ1) is 28.8. The van der Waals surface area contributed by atoms with Gasteiger partial charge in [0.2, 0.25) is 0 Å². The molecule has 214 valence electrons. The molecular weight excluding hydrogens is 597 g/mol. The monoisotopic (exact) mass is 614 g/mol. The number of nitriles is 1. The van der Waals surface area contributed by atoms with E-state index in [4.69, 9.17) is 21.1 Å². The molecule has 0 aliphatic carbocycles. The highest BCUT2D eigenvalue weighted by Gasteiger charge is 2.32. The normalized spacial score (nSPS) is 11.5. The fourth-order valence-corrected chi connectivity index (χ4v) is 5.75. The zero-order valence-corrected chi connectivity index (χ0v) is 23.3. The second kappa shape index (κ2) is 11.0. The topological polar surface area (TPSA) is 127 Å². The molecule has 0 aliphatic heterocycles. The molecule has 0 radical (unpaired) electrons. The molecule has 2 aromatic carbocycles. The number of aromatic nitrogens is 3. The van der Waals surface area contributed by atoms with E-state index in [0.29, 0.717) is 32.7 Å². The first-order valence-electron chi connectivity index (χ1n) is 12.1. The van der Waals surface area contributed by atoms with E-state index in [1.54, 1.807) is 30.3 Å². The number of carbonyl (C=O) groups excluding carboxylic acids is 1. The molecule has 3 heterocycles. The molecule has 0 aliphatic rings. The predicted octanol–water partition coefficient (Wildman–Crippen LogP) is 6.10. The summed E-state index contributed by atoms with van der Waals surface area (Å²) in [5.74, 6) is -0.545. The molecule has 0 amide bonds. The van der Waals surface area contributed by atoms with Gasteiger partial charge in [-0.2, -0.15) is 18.4 Å². The van der Waals surface area contributed by atoms with Crippen molar-refractivity contribution in [3.05, 3.63) is 79.8 Å². The lowest BCUT2D eigenvalue weighted by atomic mass is 10.1. The van der Waals surface area contributed by atoms with Gasteiger partial charge in [-0.3, -0.25) is 14.3 Å². The van der Waals surface area contributed by atoms with E-state index in [2.05, 4.69) is 9.97 Å². The third kappa shape index (κ3) is 5.10. The fraction of sp³-hybridized carbons (Fsp3) is 0.179. The van der Waals surface area contributed by atoms with Crippen molar-refractivity contribution in [2.75, 3.05) is 13.7 Å². The number of thiophene rings is 1. The van der Waals surface area contributed by atoms with Crippen LogP contribution in [0.1, 0.15) is 26.6 Å². The Balaban J connectivity index is 1.50. The molecule has 0 saturated carbocycles. The molecule has 3 aromatic heterocycles. The number of esters is 1. The first-order valence-corrected chi connectivity index (χ1v) is 13.3. The number of alkyl halides is 3. The molecule has 0 saturated heterocycles. The van der Waals surface area contributed by atoms with Crippen LogP contribution in [0.4, 0.5) is 13.2 Å². The van der Waals surface area contributed by atoms with Crippen molar-refractivity contribution >= 4 is 50.0 Å². The van der Waals surface area contributed by atoms with Gasteiger partial charge in [0.25, 0.3) is 5.56 Å². The quantitative estimate of drug-likeness (QED) is 0.227. The summed E-state index contributed by atoms with van der Waals surface area (Å²) in [5, 5.41) is 20.2. The van der Waals surface area contributed by atoms with Gasteiger partial charge >= 0.3 is 12.1 Å². The lowest BCUT2D eigenvalue weighted by Gasteiger charge is -2.16. The maximum absolute atomic E-state index is 13.3. The molecular formula is C28H18ClF3N4O5S. The van der Waals surface area contributed by atoms with Crippen LogP contribution in [-0.2, 0) is 17.5 Å². The van der Waals surface area contributed by atoms with Crippen LogP contribution < -0.4 is 10.3 Å². The minimum Gasteiger partial charge on any atom is -0.504 e. The van der Waals surface area contributed by atoms with Crippen LogP contribution in [0.3, 0.4) is 0 Å². The van der Waals surface area contributed by atoms with Gasteiger partial charge in [0.05, 0.1) is 40.4 Å². The number of aryl methyl sites for hydroxylation is 1. The fourth-order valence-electron chi connectivity index (χ4n) is 4.48. The second-order valence-corrected chi connectivity index (χ2v) is 10.4. The zero-order chi connectivity index (χ0) is 30.3. The van der Waals surface area contributed by atoms with E-state index in [1.807, 2.05) is 0 Å². The highest BCUT2D eigenvalue weighted by atomic mass is 35.5. The summed E-state index contributed by atoms with van der Waals surface area (Å²) >= 11 is 7.27. The van der Waals surface area contributed by atoms with Crippen LogP contribution in [0.15, 0.2) is 47.4 Å². The number of hydrogen-bond acceptors (Lipinski definition) is 9. The van der Waals surface area contributed by atoms with Gasteiger partial charge in [-0.05, 0) is 43.3 Å². The molecule has 5 aromatic rings. The lowest BCUT2D eigenvalue weighted by molar-refractivity contribution is -0.137. The van der Waals surface area contributed by atoms with Gasteiger partial charge in [0.1, 0.15) is 29.8 Å². The van der Waals surface area contributed by atoms with E-state index in [0.717, 1.165) is 17.4 Å². The van der Waals surface area contributed by atoms with E-state index < -0.39 is 28.8 Å². The maximum Gasteiger partial charge on any atom is 0.416 e. The summed E-state index contributed by atoms with van der Waals surface area (Å²) < 4.78 is 52.4. The Bertz CT molecular complexity index is 2000. The average Bonchev–Trinajstić information content (AvgIpc) is 3.30. The Labute approximate surface area is 244 Å². The van der Waals surface area contributed by atoms with Crippen LogP contribution in [-0.4, -0.2) is 39.3 Å². The van der Waals surface area contributed by atoms with Gasteiger partial charge in [-0.25, -0.2) is 9.78 Å². The van der Waals surface area contributed by atoms with Crippen molar-refractivity contribution < 1.29 is 32.5 Å². The molecule has 42 heavy (non-hydrogen) atoms. The molecule has 0 fully saturated rings. The van der Waals surface area contributed by atoms with Crippen LogP contribution in [0.2, 0.25) is 5.02 Å². The lowest BCUT2D eigenvalue weighted by Crippen LogP contribution is -2.27. The van der Waals surface area contributed by atoms with Crippen molar-refractivity contribution in [2.45, 2.75) is 19.6 Å². The summed E-state index contributed by atoms with van der Waals surface area (Å²) in [6.07, 6.45) is -3.26. The van der Waals surface area contributed by atoms with Gasteiger partial charge in [-0.15, -0.1) is 11.3 Å². The van der Waals surface area contributed by atoms with Crippen LogP contribution in [0.25, 0.3) is 32.2 Å². The van der Waals surface area contributed by atoms with E-state index in [-0.39, 0.29) is 46.0 Å². The van der Waals surface area contributed by atoms with Crippen LogP contribution in [0, 0.1) is 18.3 Å². The largest absolute Gasteiger partial charge is 0.504 e. The molecule has 0 unspecified atom stereocenters. The smallest absolute Gasteiger partial charge is 0.416 e. The number of ether oxygens (including phenoxy) is 2. The Morgan fingerprint density at radius 3 is 2.67 bits per heavy atom. The highest BCUT2D eigenvalue weighted by Crippen LogP contribution is 2.44. The molecule has 0 bridgehead atoms. The standard InChI is InChI=1S/C28H18ClF3N4O5S/c1-13-35-19-10-15(28(30,31)32)9-14(12-33)21(19)26(38)36(13)7-8-41-20-4-3-16(29)11-18(20)17-5-6-34-22-23(37)25(27(39)40-2)42-24(17)22/h3-6,9-11,37H,7-8H2,1-2H3. The van der Waals surface area contributed by atoms with Crippen molar-refractivity contribution in [2.24, 2.45) is 0 Å². The van der Waals surface area contributed by atoms with Gasteiger partial charge < -0.3 is 14.6 Å². The second-order valence-electron chi connectivity index (χ2n) is 8.94. The Kier molecular flexibility index (Phi) is 7.53. The van der Waals surface area contributed by atoms with Crippen molar-refractivity contribution in [3.63, 3.8) is 0 Å². The summed E-state index contributed by atoms with van der Waals surface area (Å²) in [6, 6.07) is 9.54. The van der Waals surface area contributed by atoms with Crippen molar-refractivity contribution in [1.29, 1.82) is 5.26 Å². The number of hydrogen-bond donors (Lipinski definition) is 1. The molecule has 5 rings (SSSR count). The summed E-state index contributed by atoms with van der Waals surface area (Å²) in [6.45, 7) is 1.36. The van der Waals surface area contributed by atoms with Gasteiger partial charge in [0.15, 0.2) is 10.6 Å². The van der Waals surface area contributed by atoms with Gasteiger partial charge in [-0.1, -0.05) is 11.6 Å². The minimum atomic E-state index is -4.71. The van der Waals surface area contributed by atoms with Gasteiger partial charge in [0, 0.05) is 22.3 Å². The third-order valence-electron chi connectivity index (χ3n) is 6.42. The number of rotatable bonds is 6. The number of halogens is 4. The number of carbonyl (C=O) groups is 1. The number of fused-ring (bicyclic) bond motifs is 2. The molecule has 14 heteroatoms. The van der Waals surface area contributed by atoms with E-state index >= 15 is 0 Å². The zero-order valence-electron chi connectivity index (χ0n) is 21.7. The minimum absolute atomic E-state index is 0.0188. The molecule has 9 nitrogen and oxygen atoms in total. The third-order valence-corrected chi connectivity index (χ3v) is 7.84. The molecule has 1 N–H and O–H groups in total. The Morgan fingerprint density at radius 2 is 1.98 bits per heavy atom. The van der Waals surface area contributed by atoms with E-state index in [1.165, 1.54) is 24.8 Å². The summed E-state index contributed by atoms with van der Waals surface area (Å²) in [4.78, 5) is 33.7. The average molecular weight is 615 g/mol. The Hall–Kier alpha value is -4.67. The number of aromatic hydroxyl groups is 1. The van der Waals surface area contributed by atoms with Crippen molar-refractivity contribution in [1.82, 2.24) is 14.5 Å². The molecule has 0 atom stereocenters. The predicted molar refractivity (Wildman–Crippen MR) is 149 cm³/mol. The first-order chi connectivity index (χ1) is 19.9. The SMILES string of the molecule is COC(=O)c1sc2c(-c3cc(Cl)ccc3OCCn3c(C)nc4cc(C(F)(F)F)cc(C#N)c4c3=O)ccnc2c1O. The maximum atomic E-state index is 13.3. The van der Waals surface area contributed by atoms with Crippen LogP contribution in [0.5, 0.6) is 11.5 Å². The number of methoxy groups -OCH3 is 1. The van der Waals surface area contributed by atoms with Crippen molar-refractivity contribution in [3.8, 4) is 28.7 Å². The molecule has 0 spiro atoms. The number of benzene rings is 2. The summed E-state index contributed by atoms with van der Waals surface area (Å²) in [7, 11) is 1.20. The summed E-state index contributed by atoms with van der Waals surface area (Å²) in [5.41, 5.74) is -1.14. The number of nitrogens with zero attached hydrogens (tertiary/aromatic N) is 4. The highest BCUT2D eigenvalue weighted by molar-refractivity contribution is 7.21. The Morgan fingerprint density at radius 1 is 1.21 bits per heavy atom. The van der Waals surface area contributed by atoms with Crippen LogP contribution >= 0.6 is 22.9 Å².